The van der Waals surface area contributed by atoms with Crippen LogP contribution in [0.2, 0.25) is 15.5 Å². The molecule has 0 aliphatic rings. The van der Waals surface area contributed by atoms with Gasteiger partial charge in [-0.05, 0) is 75.5 Å². The number of hydrogen-bond donors (Lipinski definition) is 0. The number of pyridine rings is 3. The van der Waals surface area contributed by atoms with Crippen molar-refractivity contribution in [1.29, 1.82) is 0 Å². The molecule has 0 saturated heterocycles. The Hall–Kier alpha value is -0.630. The molecule has 4 nitrogen and oxygen atoms in total. The molecular formula is C16H7Cl3F3I2N3O. The third kappa shape index (κ3) is 8.01. The topological polar surface area (TPSA) is 47.9 Å². The van der Waals surface area contributed by atoms with Gasteiger partial charge in [0.2, 0.25) is 5.88 Å². The van der Waals surface area contributed by atoms with Crippen LogP contribution in [0.3, 0.4) is 0 Å². The number of aromatic nitrogens is 3. The molecule has 3 rings (SSSR count). The summed E-state index contributed by atoms with van der Waals surface area (Å²) in [6.07, 6.45) is -3.49. The zero-order chi connectivity index (χ0) is 20.9. The van der Waals surface area contributed by atoms with Crippen molar-refractivity contribution < 1.29 is 17.9 Å². The second-order valence-corrected chi connectivity index (χ2v) is 8.51. The summed E-state index contributed by atoms with van der Waals surface area (Å²) in [4.78, 5) is 10.9. The van der Waals surface area contributed by atoms with Crippen LogP contribution in [0.5, 0.6) is 11.6 Å². The highest BCUT2D eigenvalue weighted by Gasteiger charge is 2.32. The Kier molecular flexibility index (Phi) is 8.80. The molecule has 0 spiro atoms. The van der Waals surface area contributed by atoms with Crippen LogP contribution in [0.25, 0.3) is 0 Å². The summed E-state index contributed by atoms with van der Waals surface area (Å²) >= 11 is 21.0. The van der Waals surface area contributed by atoms with E-state index in [0.29, 0.717) is 10.3 Å². The average molecular weight is 674 g/mol. The van der Waals surface area contributed by atoms with E-state index in [4.69, 9.17) is 39.5 Å². The van der Waals surface area contributed by atoms with Crippen molar-refractivity contribution in [3.63, 3.8) is 0 Å². The lowest BCUT2D eigenvalue weighted by Gasteiger charge is -2.08. The molecule has 0 radical (unpaired) electrons. The van der Waals surface area contributed by atoms with E-state index in [1.54, 1.807) is 24.3 Å². The first-order valence-corrected chi connectivity index (χ1v) is 10.3. The van der Waals surface area contributed by atoms with Crippen molar-refractivity contribution in [2.75, 3.05) is 0 Å². The van der Waals surface area contributed by atoms with E-state index in [9.17, 15) is 13.2 Å². The predicted molar refractivity (Wildman–Crippen MR) is 118 cm³/mol. The molecule has 0 N–H and O–H groups in total. The zero-order valence-corrected chi connectivity index (χ0v) is 19.9. The van der Waals surface area contributed by atoms with E-state index in [2.05, 4.69) is 37.5 Å². The first kappa shape index (κ1) is 23.6. The Morgan fingerprint density at radius 3 is 1.79 bits per heavy atom. The Labute approximate surface area is 200 Å². The van der Waals surface area contributed by atoms with Gasteiger partial charge >= 0.3 is 6.18 Å². The minimum atomic E-state index is -4.47. The molecular weight excluding hydrogens is 667 g/mol. The molecule has 28 heavy (non-hydrogen) atoms. The lowest BCUT2D eigenvalue weighted by Crippen LogP contribution is -2.07. The smallest absolute Gasteiger partial charge is 0.433 e. The fourth-order valence-electron chi connectivity index (χ4n) is 1.66. The first-order valence-electron chi connectivity index (χ1n) is 7.06. The second kappa shape index (κ2) is 10.4. The lowest BCUT2D eigenvalue weighted by molar-refractivity contribution is -0.141. The van der Waals surface area contributed by atoms with Crippen LogP contribution in [-0.2, 0) is 6.18 Å². The normalized spacial score (nSPS) is 10.9. The molecule has 0 bridgehead atoms. The lowest BCUT2D eigenvalue weighted by atomic mass is 10.3. The van der Waals surface area contributed by atoms with Gasteiger partial charge in [-0.1, -0.05) is 34.8 Å². The van der Waals surface area contributed by atoms with Crippen LogP contribution in [0, 0.1) is 7.14 Å². The second-order valence-electron chi connectivity index (χ2n) is 4.86. The van der Waals surface area contributed by atoms with Gasteiger partial charge in [0.05, 0.1) is 6.20 Å². The van der Waals surface area contributed by atoms with E-state index in [-0.39, 0.29) is 16.8 Å². The molecule has 3 aromatic rings. The van der Waals surface area contributed by atoms with Crippen molar-refractivity contribution in [3.05, 3.63) is 70.9 Å². The molecule has 0 aromatic carbocycles. The maximum Gasteiger partial charge on any atom is 0.433 e. The van der Waals surface area contributed by atoms with Gasteiger partial charge in [-0.2, -0.15) is 13.2 Å². The Morgan fingerprint density at radius 2 is 1.36 bits per heavy atom. The quantitative estimate of drug-likeness (QED) is 0.208. The Morgan fingerprint density at radius 1 is 0.821 bits per heavy atom. The largest absolute Gasteiger partial charge is 0.437 e. The van der Waals surface area contributed by atoms with Gasteiger partial charge in [-0.25, -0.2) is 15.0 Å². The van der Waals surface area contributed by atoms with Gasteiger partial charge in [0.1, 0.15) is 26.9 Å². The fourth-order valence-corrected chi connectivity index (χ4v) is 4.03. The Balaban J connectivity index is 0.000000261. The van der Waals surface area contributed by atoms with E-state index >= 15 is 0 Å². The molecule has 0 unspecified atom stereocenters. The molecule has 0 aliphatic carbocycles. The van der Waals surface area contributed by atoms with Gasteiger partial charge in [-0.3, -0.25) is 0 Å². The van der Waals surface area contributed by atoms with E-state index in [0.717, 1.165) is 19.4 Å². The molecule has 148 valence electrons. The summed E-state index contributed by atoms with van der Waals surface area (Å²) < 4.78 is 44.0. The van der Waals surface area contributed by atoms with Gasteiger partial charge < -0.3 is 4.74 Å². The average Bonchev–Trinajstić information content (AvgIpc) is 2.52. The van der Waals surface area contributed by atoms with Gasteiger partial charge in [-0.15, -0.1) is 0 Å². The highest BCUT2D eigenvalue weighted by Crippen LogP contribution is 2.29. The zero-order valence-electron chi connectivity index (χ0n) is 13.3. The summed E-state index contributed by atoms with van der Waals surface area (Å²) in [5, 5.41) is 1.11. The van der Waals surface area contributed by atoms with E-state index in [1.807, 2.05) is 22.6 Å². The van der Waals surface area contributed by atoms with Crippen molar-refractivity contribution in [2.45, 2.75) is 6.18 Å². The molecule has 0 atom stereocenters. The Bertz CT molecular complexity index is 889. The minimum Gasteiger partial charge on any atom is -0.437 e. The fraction of sp³-hybridized carbons (Fsp3) is 0.0625. The van der Waals surface area contributed by atoms with Gasteiger partial charge in [0, 0.05) is 13.2 Å². The SMILES string of the molecule is Clc1cc(I)cc(Cl)n1.FC(F)(F)c1ccc(Oc2cc(I)cc(Cl)n2)cn1. The number of alkyl halides is 3. The molecule has 0 aliphatic heterocycles. The van der Waals surface area contributed by atoms with Crippen molar-refractivity contribution in [2.24, 2.45) is 0 Å². The molecule has 12 heteroatoms. The summed E-state index contributed by atoms with van der Waals surface area (Å²) in [5.41, 5.74) is -0.978. The van der Waals surface area contributed by atoms with Crippen LogP contribution in [0.4, 0.5) is 13.2 Å². The number of halogens is 8. The first-order chi connectivity index (χ1) is 13.0. The van der Waals surface area contributed by atoms with Crippen LogP contribution in [0.1, 0.15) is 5.69 Å². The van der Waals surface area contributed by atoms with Crippen LogP contribution < -0.4 is 4.74 Å². The maximum absolute atomic E-state index is 12.3. The third-order valence-electron chi connectivity index (χ3n) is 2.71. The molecule has 0 amide bonds. The van der Waals surface area contributed by atoms with Gasteiger partial charge in [0.15, 0.2) is 0 Å². The minimum absolute atomic E-state index is 0.151. The van der Waals surface area contributed by atoms with Crippen LogP contribution in [0.15, 0.2) is 42.6 Å². The van der Waals surface area contributed by atoms with E-state index in [1.165, 1.54) is 6.07 Å². The summed E-state index contributed by atoms with van der Waals surface area (Å²) in [6, 6.07) is 8.72. The monoisotopic (exact) mass is 673 g/mol. The summed E-state index contributed by atoms with van der Waals surface area (Å²) in [6.45, 7) is 0. The molecule has 0 saturated carbocycles. The maximum atomic E-state index is 12.3. The number of nitrogens with zero attached hydrogens (tertiary/aromatic N) is 3. The van der Waals surface area contributed by atoms with Crippen LogP contribution >= 0.6 is 80.0 Å². The van der Waals surface area contributed by atoms with Crippen molar-refractivity contribution in [1.82, 2.24) is 15.0 Å². The van der Waals surface area contributed by atoms with Crippen LogP contribution in [-0.4, -0.2) is 15.0 Å². The van der Waals surface area contributed by atoms with Gasteiger partial charge in [0.25, 0.3) is 0 Å². The van der Waals surface area contributed by atoms with Crippen molar-refractivity contribution in [3.8, 4) is 11.6 Å². The van der Waals surface area contributed by atoms with Crippen molar-refractivity contribution >= 4 is 80.0 Å². The third-order valence-corrected chi connectivity index (χ3v) is 4.54. The summed E-state index contributed by atoms with van der Waals surface area (Å²) in [5.74, 6) is 0.344. The van der Waals surface area contributed by atoms with E-state index < -0.39 is 11.9 Å². The summed E-state index contributed by atoms with van der Waals surface area (Å²) in [7, 11) is 0. The highest BCUT2D eigenvalue weighted by molar-refractivity contribution is 14.1. The molecule has 0 fully saturated rings. The highest BCUT2D eigenvalue weighted by atomic mass is 127. The molecule has 3 aromatic heterocycles. The predicted octanol–water partition coefficient (Wildman–Crippen LogP) is 7.54. The number of ether oxygens (including phenoxy) is 1. The number of hydrogen-bond acceptors (Lipinski definition) is 4. The standard InChI is InChI=1S/C11H5ClF3IN2O.C5H2Cl2IN/c12-9-3-6(16)4-10(18-9)19-7-1-2-8(17-5-7)11(13,14)15;6-4-1-3(8)2-5(7)9-4/h1-5H;1-2H. The number of rotatable bonds is 2. The molecule has 3 heterocycles.